The molecule has 0 aromatic heterocycles. The van der Waals surface area contributed by atoms with Gasteiger partial charge in [-0.05, 0) is 94.7 Å². The van der Waals surface area contributed by atoms with Crippen molar-refractivity contribution in [2.24, 2.45) is 0 Å². The highest BCUT2D eigenvalue weighted by Gasteiger charge is 2.49. The van der Waals surface area contributed by atoms with Gasteiger partial charge in [-0.15, -0.1) is 0 Å². The normalized spacial score (nSPS) is 22.6. The Morgan fingerprint density at radius 1 is 0.614 bits per heavy atom. The minimum Gasteiger partial charge on any atom is -0.871 e. The van der Waals surface area contributed by atoms with Crippen molar-refractivity contribution >= 4 is 62.5 Å². The van der Waals surface area contributed by atoms with E-state index in [-0.39, 0.29) is 57.5 Å². The second-order valence-electron chi connectivity index (χ2n) is 21.4. The maximum atomic E-state index is 14.1. The first kappa shape index (κ1) is 46.6. The maximum absolute atomic E-state index is 14.1. The van der Waals surface area contributed by atoms with Gasteiger partial charge < -0.3 is 25.1 Å². The molecule has 4 heterocycles. The standard InChI is InChI=1S/C58H58N4O8/c1-13-61-46(27-36-50(63)34(51(36)64)25-44-57(7,8)40-23-30(29-70-69)15-21-42(40)59(44)11)55(3,4)38-19-17-33-32(48(38)61)18-20-39-49(33)62(14-2)47(56(39,5)6)28-37-52(65)35(53(37)66)26-45-58(9,10)41-24-31(54(67)68)16-22-43(41)60(45)12/h15-28H,13-14,29H2,1-12H3,(H2-2,63,64,65,66,67,68,69). The highest BCUT2D eigenvalue weighted by atomic mass is 17.1. The van der Waals surface area contributed by atoms with Crippen LogP contribution in [0.5, 0.6) is 0 Å². The van der Waals surface area contributed by atoms with Gasteiger partial charge in [-0.3, -0.25) is 14.8 Å². The van der Waals surface area contributed by atoms with Gasteiger partial charge in [0, 0.05) is 104 Å². The van der Waals surface area contributed by atoms with Crippen molar-refractivity contribution in [2.45, 2.75) is 97.5 Å². The van der Waals surface area contributed by atoms with Crippen LogP contribution >= 0.6 is 0 Å². The van der Waals surface area contributed by atoms with Crippen LogP contribution in [0.3, 0.4) is 0 Å². The Hall–Kier alpha value is -7.15. The van der Waals surface area contributed by atoms with Crippen LogP contribution in [0.15, 0.2) is 130 Å². The van der Waals surface area contributed by atoms with E-state index in [4.69, 9.17) is 5.26 Å². The first-order chi connectivity index (χ1) is 32.9. The molecule has 0 unspecified atom stereocenters. The van der Waals surface area contributed by atoms with Crippen LogP contribution < -0.4 is 20.0 Å². The van der Waals surface area contributed by atoms with Crippen LogP contribution in [-0.4, -0.2) is 75.7 Å². The summed E-state index contributed by atoms with van der Waals surface area (Å²) in [7, 11) is 3.79. The summed E-state index contributed by atoms with van der Waals surface area (Å²) >= 11 is 0. The van der Waals surface area contributed by atoms with E-state index in [0.29, 0.717) is 13.1 Å². The molecule has 4 aromatic carbocycles. The number of benzene rings is 4. The van der Waals surface area contributed by atoms with E-state index in [1.165, 1.54) is 0 Å². The van der Waals surface area contributed by atoms with Gasteiger partial charge in [0.15, 0.2) is 23.0 Å². The largest absolute Gasteiger partial charge is 0.871 e. The molecular formula is C58H58N4O8. The van der Waals surface area contributed by atoms with Crippen molar-refractivity contribution in [1.29, 1.82) is 0 Å². The average molecular weight is 939 g/mol. The van der Waals surface area contributed by atoms with E-state index in [1.807, 2.05) is 55.3 Å². The van der Waals surface area contributed by atoms with Crippen molar-refractivity contribution in [2.75, 3.05) is 37.0 Å². The summed E-state index contributed by atoms with van der Waals surface area (Å²) in [5.41, 5.74) is 10.3. The third-order valence-corrected chi connectivity index (χ3v) is 16.2. The average Bonchev–Trinajstić information content (AvgIpc) is 3.84. The smallest absolute Gasteiger partial charge is 0.335 e. The number of fused-ring (bicyclic) bond motifs is 7. The number of nitrogens with zero attached hydrogens (tertiary/aromatic N) is 4. The summed E-state index contributed by atoms with van der Waals surface area (Å²) in [6.07, 6.45) is 6.97. The van der Waals surface area contributed by atoms with Crippen molar-refractivity contribution in [3.8, 4) is 0 Å². The zero-order valence-corrected chi connectivity index (χ0v) is 41.8. The molecule has 0 radical (unpaired) electrons. The summed E-state index contributed by atoms with van der Waals surface area (Å²) in [6, 6.07) is 19.4. The molecule has 2 N–H and O–H groups in total. The Morgan fingerprint density at radius 3 is 1.44 bits per heavy atom. The number of carboxylic acids is 1. The zero-order chi connectivity index (χ0) is 50.5. The van der Waals surface area contributed by atoms with Gasteiger partial charge in [0.05, 0.1) is 27.8 Å². The summed E-state index contributed by atoms with van der Waals surface area (Å²) in [4.78, 5) is 48.7. The molecule has 0 saturated carbocycles. The van der Waals surface area contributed by atoms with Crippen LogP contribution in [0, 0.1) is 0 Å². The Labute approximate surface area is 408 Å². The zero-order valence-electron chi connectivity index (χ0n) is 41.8. The fourth-order valence-corrected chi connectivity index (χ4v) is 12.2. The third kappa shape index (κ3) is 6.18. The second kappa shape index (κ2) is 15.4. The monoisotopic (exact) mass is 938 g/mol. The lowest BCUT2D eigenvalue weighted by Crippen LogP contribution is -2.34. The second-order valence-corrected chi connectivity index (χ2v) is 21.4. The van der Waals surface area contributed by atoms with E-state index in [0.717, 1.165) is 84.2 Å². The SMILES string of the molecule is CCN1/C(=C\C2=C([O-])C(=C/C3=[N+](C)c4ccc(COO)cc4C3(C)C)/C2=O)C(C)(C)c2ccc3c4c(ccc3c21)C(C)(C)/C(=C/C1=C([O-])C(=C/C2=[N+](C)c3ccc(C(=O)O)cc3C2(C)C)/C1=O)N4CC. The van der Waals surface area contributed by atoms with Crippen LogP contribution in [-0.2, 0) is 42.7 Å². The summed E-state index contributed by atoms with van der Waals surface area (Å²) in [5, 5.41) is 48.9. The highest BCUT2D eigenvalue weighted by Crippen LogP contribution is 2.57. The molecule has 12 heteroatoms. The molecule has 0 bridgehead atoms. The summed E-state index contributed by atoms with van der Waals surface area (Å²) < 4.78 is 3.93. The number of rotatable bonds is 9. The minimum absolute atomic E-state index is 0.0525. The van der Waals surface area contributed by atoms with Crippen LogP contribution in [0.4, 0.5) is 22.7 Å². The number of carbonyl (C=O) groups is 3. The van der Waals surface area contributed by atoms with Crippen LogP contribution in [0.2, 0.25) is 0 Å². The molecule has 0 saturated heterocycles. The predicted octanol–water partition coefficient (Wildman–Crippen LogP) is 8.19. The number of hydrogen-bond acceptors (Lipinski definition) is 9. The Morgan fingerprint density at radius 2 is 1.04 bits per heavy atom. The summed E-state index contributed by atoms with van der Waals surface area (Å²) in [5.74, 6) is -2.24. The molecule has 358 valence electrons. The third-order valence-electron chi connectivity index (χ3n) is 16.2. The molecule has 0 atom stereocenters. The van der Waals surface area contributed by atoms with Crippen molar-refractivity contribution in [1.82, 2.24) is 0 Å². The molecule has 2 aliphatic carbocycles. The molecule has 0 amide bonds. The molecule has 4 aromatic rings. The number of aromatic carboxylic acids is 1. The summed E-state index contributed by atoms with van der Waals surface area (Å²) in [6.45, 7) is 21.9. The van der Waals surface area contributed by atoms with Gasteiger partial charge in [-0.1, -0.05) is 63.5 Å². The van der Waals surface area contributed by atoms with Gasteiger partial charge in [-0.25, -0.2) is 9.68 Å². The van der Waals surface area contributed by atoms with Gasteiger partial charge in [0.2, 0.25) is 11.4 Å². The van der Waals surface area contributed by atoms with Gasteiger partial charge in [0.1, 0.15) is 20.7 Å². The molecule has 4 aliphatic heterocycles. The number of allylic oxidation sites excluding steroid dienone is 10. The number of likely N-dealkylation sites (N-methyl/N-ethyl adjacent to an activating group) is 2. The Bertz CT molecular complexity index is 3420. The van der Waals surface area contributed by atoms with E-state index in [2.05, 4.69) is 94.3 Å². The van der Waals surface area contributed by atoms with E-state index >= 15 is 0 Å². The van der Waals surface area contributed by atoms with Crippen LogP contribution in [0.25, 0.3) is 10.8 Å². The van der Waals surface area contributed by atoms with Gasteiger partial charge >= 0.3 is 5.97 Å². The number of carboxylic acid groups (broad SMARTS) is 1. The number of ketones is 2. The van der Waals surface area contributed by atoms with E-state index < -0.39 is 27.6 Å². The number of carbonyl (C=O) groups excluding carboxylic acids is 2. The van der Waals surface area contributed by atoms with Crippen molar-refractivity contribution < 1.29 is 49.0 Å². The molecule has 10 rings (SSSR count). The van der Waals surface area contributed by atoms with E-state index in [1.54, 1.807) is 42.5 Å². The Balaban J connectivity index is 0.992. The van der Waals surface area contributed by atoms with Crippen molar-refractivity contribution in [3.63, 3.8) is 0 Å². The van der Waals surface area contributed by atoms with Gasteiger partial charge in [0.25, 0.3) is 0 Å². The predicted molar refractivity (Wildman–Crippen MR) is 267 cm³/mol. The topological polar surface area (TPSA) is 160 Å². The van der Waals surface area contributed by atoms with E-state index in [9.17, 15) is 29.7 Å². The van der Waals surface area contributed by atoms with Crippen molar-refractivity contribution in [3.05, 3.63) is 164 Å². The lowest BCUT2D eigenvalue weighted by molar-refractivity contribution is -0.401. The minimum atomic E-state index is -1.02. The maximum Gasteiger partial charge on any atom is 0.335 e. The number of Topliss-reactive ketones (excluding diaryl/α,β-unsaturated/α-hetero) is 2. The molecule has 70 heavy (non-hydrogen) atoms. The lowest BCUT2D eigenvalue weighted by Gasteiger charge is -2.32. The van der Waals surface area contributed by atoms with Crippen LogP contribution in [0.1, 0.15) is 107 Å². The highest BCUT2D eigenvalue weighted by molar-refractivity contribution is 6.25. The Kier molecular flexibility index (Phi) is 10.3. The molecule has 0 spiro atoms. The molecular weight excluding hydrogens is 881 g/mol. The fraction of sp³-hybridized carbons (Fsp3) is 0.328. The molecule has 0 fully saturated rings. The number of anilines is 2. The first-order valence-corrected chi connectivity index (χ1v) is 23.9. The molecule has 6 aliphatic rings. The number of hydrogen-bond donors (Lipinski definition) is 2. The van der Waals surface area contributed by atoms with Gasteiger partial charge in [-0.2, -0.15) is 9.15 Å². The molecule has 12 nitrogen and oxygen atoms in total. The quantitative estimate of drug-likeness (QED) is 0.0726. The first-order valence-electron chi connectivity index (χ1n) is 23.9. The lowest BCUT2D eigenvalue weighted by atomic mass is 9.77. The fourth-order valence-electron chi connectivity index (χ4n) is 12.2.